The molecule has 1 atom stereocenters. The quantitative estimate of drug-likeness (QED) is 0.924. The average molecular weight is 292 g/mol. The highest BCUT2D eigenvalue weighted by Crippen LogP contribution is 2.30. The maximum atomic E-state index is 12.3. The predicted octanol–water partition coefficient (Wildman–Crippen LogP) is 3.39. The van der Waals surface area contributed by atoms with E-state index in [4.69, 9.17) is 0 Å². The van der Waals surface area contributed by atoms with Crippen LogP contribution in [0.15, 0.2) is 18.2 Å². The Bertz CT molecular complexity index is 543. The van der Waals surface area contributed by atoms with E-state index in [2.05, 4.69) is 11.4 Å². The Morgan fingerprint density at radius 2 is 2.00 bits per heavy atom. The van der Waals surface area contributed by atoms with Crippen LogP contribution >= 0.6 is 11.8 Å². The van der Waals surface area contributed by atoms with Gasteiger partial charge in [0.15, 0.2) is 5.37 Å². The van der Waals surface area contributed by atoms with Crippen molar-refractivity contribution >= 4 is 28.6 Å². The number of hydrogen-bond donors (Lipinski definition) is 1. The van der Waals surface area contributed by atoms with Crippen LogP contribution in [0, 0.1) is 19.8 Å². The summed E-state index contributed by atoms with van der Waals surface area (Å²) >= 11 is 1.06. The lowest BCUT2D eigenvalue weighted by molar-refractivity contribution is -0.126. The lowest BCUT2D eigenvalue weighted by Gasteiger charge is -2.17. The fourth-order valence-electron chi connectivity index (χ4n) is 2.18. The Balaban J connectivity index is 2.11. The monoisotopic (exact) mass is 292 g/mol. The summed E-state index contributed by atoms with van der Waals surface area (Å²) in [6.45, 7) is 8.50. The molecule has 1 fully saturated rings. The minimum Gasteiger partial charge on any atom is -0.365 e. The first kappa shape index (κ1) is 14.9. The normalized spacial score (nSPS) is 19.1. The fraction of sp³-hybridized carbons (Fsp3) is 0.467. The Kier molecular flexibility index (Phi) is 4.38. The van der Waals surface area contributed by atoms with Gasteiger partial charge in [0.05, 0.1) is 0 Å². The zero-order chi connectivity index (χ0) is 14.9. The van der Waals surface area contributed by atoms with Crippen LogP contribution < -0.4 is 5.32 Å². The molecule has 1 aliphatic heterocycles. The summed E-state index contributed by atoms with van der Waals surface area (Å²) in [5, 5.41) is 2.50. The molecule has 0 aliphatic carbocycles. The first-order valence-electron chi connectivity index (χ1n) is 6.74. The number of carbonyl (C=O) groups excluding carboxylic acids is 2. The van der Waals surface area contributed by atoms with Gasteiger partial charge in [-0.3, -0.25) is 14.5 Å². The standard InChI is InChI=1S/C15H20N2O2S/c1-9(2)8-17-14(18)13(20-15(17)19)16-12-6-5-10(3)7-11(12)4/h5-7,9,13,16H,8H2,1-4H3. The maximum Gasteiger partial charge on any atom is 0.290 e. The van der Waals surface area contributed by atoms with E-state index in [0.717, 1.165) is 23.0 Å². The molecule has 0 bridgehead atoms. The van der Waals surface area contributed by atoms with Crippen LogP contribution in [-0.4, -0.2) is 28.0 Å². The number of nitrogens with zero attached hydrogens (tertiary/aromatic N) is 1. The number of anilines is 1. The van der Waals surface area contributed by atoms with E-state index in [9.17, 15) is 9.59 Å². The van der Waals surface area contributed by atoms with Gasteiger partial charge in [-0.1, -0.05) is 31.5 Å². The molecule has 108 valence electrons. The van der Waals surface area contributed by atoms with Crippen molar-refractivity contribution in [3.05, 3.63) is 29.3 Å². The van der Waals surface area contributed by atoms with Gasteiger partial charge >= 0.3 is 0 Å². The maximum absolute atomic E-state index is 12.3. The van der Waals surface area contributed by atoms with Crippen LogP contribution in [0.2, 0.25) is 0 Å². The molecule has 2 amide bonds. The minimum atomic E-state index is -0.511. The van der Waals surface area contributed by atoms with Crippen molar-refractivity contribution < 1.29 is 9.59 Å². The zero-order valence-corrected chi connectivity index (χ0v) is 13.1. The summed E-state index contributed by atoms with van der Waals surface area (Å²) in [6, 6.07) is 6.00. The van der Waals surface area contributed by atoms with Gasteiger partial charge < -0.3 is 5.32 Å². The molecule has 20 heavy (non-hydrogen) atoms. The summed E-state index contributed by atoms with van der Waals surface area (Å²) in [4.78, 5) is 25.5. The van der Waals surface area contributed by atoms with Gasteiger partial charge in [-0.25, -0.2) is 0 Å². The third kappa shape index (κ3) is 3.15. The van der Waals surface area contributed by atoms with E-state index < -0.39 is 5.37 Å². The topological polar surface area (TPSA) is 49.4 Å². The fourth-order valence-corrected chi connectivity index (χ4v) is 3.09. The van der Waals surface area contributed by atoms with Gasteiger partial charge in [-0.15, -0.1) is 0 Å². The largest absolute Gasteiger partial charge is 0.365 e. The van der Waals surface area contributed by atoms with E-state index in [1.54, 1.807) is 0 Å². The summed E-state index contributed by atoms with van der Waals surface area (Å²) in [5.41, 5.74) is 3.16. The van der Waals surface area contributed by atoms with Crippen molar-refractivity contribution in [2.45, 2.75) is 33.1 Å². The molecule has 1 aliphatic rings. The highest BCUT2D eigenvalue weighted by atomic mass is 32.2. The summed E-state index contributed by atoms with van der Waals surface area (Å²) in [6.07, 6.45) is 0. The second-order valence-electron chi connectivity index (χ2n) is 5.57. The van der Waals surface area contributed by atoms with Crippen molar-refractivity contribution in [3.63, 3.8) is 0 Å². The summed E-state index contributed by atoms with van der Waals surface area (Å²) in [5.74, 6) is 0.136. The van der Waals surface area contributed by atoms with E-state index in [-0.39, 0.29) is 17.1 Å². The molecule has 4 nitrogen and oxygen atoms in total. The van der Waals surface area contributed by atoms with Crippen molar-refractivity contribution in [3.8, 4) is 0 Å². The number of carbonyl (C=O) groups is 2. The molecule has 0 aromatic heterocycles. The Hall–Kier alpha value is -1.49. The van der Waals surface area contributed by atoms with Gasteiger partial charge in [0.1, 0.15) is 0 Å². The van der Waals surface area contributed by atoms with Crippen molar-refractivity contribution in [2.24, 2.45) is 5.92 Å². The Morgan fingerprint density at radius 3 is 2.60 bits per heavy atom. The molecule has 0 spiro atoms. The number of nitrogens with one attached hydrogen (secondary N) is 1. The van der Waals surface area contributed by atoms with Crippen LogP contribution in [0.5, 0.6) is 0 Å². The number of amides is 2. The van der Waals surface area contributed by atoms with Crippen LogP contribution in [0.25, 0.3) is 0 Å². The van der Waals surface area contributed by atoms with Crippen molar-refractivity contribution in [1.82, 2.24) is 4.90 Å². The predicted molar refractivity (Wildman–Crippen MR) is 82.9 cm³/mol. The van der Waals surface area contributed by atoms with Crippen LogP contribution in [-0.2, 0) is 4.79 Å². The molecular weight excluding hydrogens is 272 g/mol. The van der Waals surface area contributed by atoms with E-state index in [1.165, 1.54) is 10.5 Å². The van der Waals surface area contributed by atoms with Crippen LogP contribution in [0.1, 0.15) is 25.0 Å². The third-order valence-electron chi connectivity index (χ3n) is 3.15. The molecule has 0 radical (unpaired) electrons. The Labute approximate surface area is 123 Å². The van der Waals surface area contributed by atoms with Gasteiger partial charge in [-0.05, 0) is 43.2 Å². The number of aryl methyl sites for hydroxylation is 2. The van der Waals surface area contributed by atoms with Gasteiger partial charge in [0.2, 0.25) is 0 Å². The van der Waals surface area contributed by atoms with Crippen molar-refractivity contribution in [2.75, 3.05) is 11.9 Å². The molecule has 0 saturated carbocycles. The lowest BCUT2D eigenvalue weighted by Crippen LogP contribution is -2.36. The zero-order valence-electron chi connectivity index (χ0n) is 12.3. The van der Waals surface area contributed by atoms with Crippen LogP contribution in [0.4, 0.5) is 10.5 Å². The lowest BCUT2D eigenvalue weighted by atomic mass is 10.1. The summed E-state index contributed by atoms with van der Waals surface area (Å²) < 4.78 is 0. The first-order valence-corrected chi connectivity index (χ1v) is 7.62. The third-order valence-corrected chi connectivity index (χ3v) is 4.12. The van der Waals surface area contributed by atoms with E-state index in [0.29, 0.717) is 6.54 Å². The molecule has 1 saturated heterocycles. The molecule has 1 N–H and O–H groups in total. The highest BCUT2D eigenvalue weighted by Gasteiger charge is 2.39. The second kappa shape index (κ2) is 5.87. The number of thioether (sulfide) groups is 1. The molecule has 1 aromatic carbocycles. The van der Waals surface area contributed by atoms with Crippen LogP contribution in [0.3, 0.4) is 0 Å². The molecule has 1 aromatic rings. The molecule has 1 unspecified atom stereocenters. The second-order valence-corrected chi connectivity index (χ2v) is 6.63. The van der Waals surface area contributed by atoms with Gasteiger partial charge in [0, 0.05) is 12.2 Å². The number of hydrogen-bond acceptors (Lipinski definition) is 4. The molecule has 1 heterocycles. The van der Waals surface area contributed by atoms with Crippen molar-refractivity contribution in [1.29, 1.82) is 0 Å². The first-order chi connectivity index (χ1) is 9.38. The summed E-state index contributed by atoms with van der Waals surface area (Å²) in [7, 11) is 0. The minimum absolute atomic E-state index is 0.145. The van der Waals surface area contributed by atoms with Gasteiger partial charge in [0.25, 0.3) is 11.1 Å². The molecular formula is C15H20N2O2S. The molecule has 2 rings (SSSR count). The van der Waals surface area contributed by atoms with E-state index >= 15 is 0 Å². The highest BCUT2D eigenvalue weighted by molar-refractivity contribution is 8.15. The average Bonchev–Trinajstić information content (AvgIpc) is 2.60. The SMILES string of the molecule is Cc1ccc(NC2SC(=O)N(CC(C)C)C2=O)c(C)c1. The Morgan fingerprint density at radius 1 is 1.30 bits per heavy atom. The number of imide groups is 1. The number of benzene rings is 1. The number of rotatable bonds is 4. The van der Waals surface area contributed by atoms with Gasteiger partial charge in [-0.2, -0.15) is 0 Å². The van der Waals surface area contributed by atoms with E-state index in [1.807, 2.05) is 39.8 Å². The molecule has 5 heteroatoms. The smallest absolute Gasteiger partial charge is 0.290 e.